The molecule has 0 bridgehead atoms. The number of hydrogen-bond donors (Lipinski definition) is 0. The fourth-order valence-corrected chi connectivity index (χ4v) is 7.47. The molecule has 1 saturated heterocycles. The third-order valence-electron chi connectivity index (χ3n) is 9.18. The van der Waals surface area contributed by atoms with Gasteiger partial charge in [-0.15, -0.1) is 0 Å². The molecule has 37 heavy (non-hydrogen) atoms. The second kappa shape index (κ2) is 11.6. The van der Waals surface area contributed by atoms with E-state index in [-0.39, 0.29) is 41.4 Å². The first-order valence-electron chi connectivity index (χ1n) is 13.4. The van der Waals surface area contributed by atoms with E-state index in [0.717, 1.165) is 19.5 Å². The van der Waals surface area contributed by atoms with E-state index in [4.69, 9.17) is 9.47 Å². The number of amides is 1. The van der Waals surface area contributed by atoms with Gasteiger partial charge in [0.1, 0.15) is 12.4 Å². The number of aryl methyl sites for hydroxylation is 2. The van der Waals surface area contributed by atoms with Crippen LogP contribution in [0.3, 0.4) is 0 Å². The third kappa shape index (κ3) is 6.32. The summed E-state index contributed by atoms with van der Waals surface area (Å²) in [6, 6.07) is 3.44. The number of carbonyl (C=O) groups is 1. The fourth-order valence-electron chi connectivity index (χ4n) is 5.91. The van der Waals surface area contributed by atoms with E-state index in [1.54, 1.807) is 38.0 Å². The molecule has 0 unspecified atom stereocenters. The van der Waals surface area contributed by atoms with Gasteiger partial charge in [0, 0.05) is 33.7 Å². The summed E-state index contributed by atoms with van der Waals surface area (Å²) in [7, 11) is 1.25. The van der Waals surface area contributed by atoms with Crippen LogP contribution in [0.25, 0.3) is 0 Å². The minimum atomic E-state index is -3.69. The van der Waals surface area contributed by atoms with Crippen molar-refractivity contribution >= 4 is 15.9 Å². The van der Waals surface area contributed by atoms with Crippen LogP contribution in [-0.2, 0) is 19.6 Å². The van der Waals surface area contributed by atoms with E-state index in [0.29, 0.717) is 22.8 Å². The standard InChI is InChI=1S/C28H47N3O5S/c1-21-16-24(35-8)17-22(2)26(21)37(33,34)30(7)14-15-36-19-25(32)29(6)18-23-10-11-28(5,27(23,3)4)20-31-12-9-13-31/h16-17,23H,9-15,18-20H2,1-8H3/t23-,28+/m1/s1. The van der Waals surface area contributed by atoms with Crippen LogP contribution in [0.4, 0.5) is 0 Å². The van der Waals surface area contributed by atoms with Gasteiger partial charge < -0.3 is 19.3 Å². The van der Waals surface area contributed by atoms with Crippen LogP contribution >= 0.6 is 0 Å². The lowest BCUT2D eigenvalue weighted by molar-refractivity contribution is -0.136. The van der Waals surface area contributed by atoms with Crippen LogP contribution < -0.4 is 4.74 Å². The number of benzene rings is 1. The van der Waals surface area contributed by atoms with Crippen molar-refractivity contribution in [2.45, 2.75) is 58.8 Å². The summed E-state index contributed by atoms with van der Waals surface area (Å²) in [4.78, 5) is 17.4. The molecule has 1 saturated carbocycles. The summed E-state index contributed by atoms with van der Waals surface area (Å²) in [6.07, 6.45) is 3.62. The number of hydrogen-bond acceptors (Lipinski definition) is 6. The Kier molecular flexibility index (Phi) is 9.36. The molecule has 3 rings (SSSR count). The zero-order valence-corrected chi connectivity index (χ0v) is 24.9. The maximum atomic E-state index is 13.2. The maximum Gasteiger partial charge on any atom is 0.248 e. The van der Waals surface area contributed by atoms with Gasteiger partial charge in [0.05, 0.1) is 18.6 Å². The Morgan fingerprint density at radius 1 is 1.14 bits per heavy atom. The molecule has 1 amide bonds. The van der Waals surface area contributed by atoms with Gasteiger partial charge in [-0.25, -0.2) is 8.42 Å². The van der Waals surface area contributed by atoms with Crippen molar-refractivity contribution in [1.29, 1.82) is 0 Å². The van der Waals surface area contributed by atoms with Crippen LogP contribution in [-0.4, -0.2) is 95.6 Å². The first-order valence-corrected chi connectivity index (χ1v) is 14.8. The van der Waals surface area contributed by atoms with E-state index in [1.807, 2.05) is 7.05 Å². The monoisotopic (exact) mass is 537 g/mol. The number of carbonyl (C=O) groups excluding carboxylic acids is 1. The first-order chi connectivity index (χ1) is 17.2. The molecule has 2 atom stereocenters. The fraction of sp³-hybridized carbons (Fsp3) is 0.750. The van der Waals surface area contributed by atoms with Gasteiger partial charge in [-0.05, 0) is 86.2 Å². The minimum absolute atomic E-state index is 0.0524. The molecule has 2 aliphatic rings. The molecule has 0 N–H and O–H groups in total. The smallest absolute Gasteiger partial charge is 0.248 e. The molecule has 1 aromatic carbocycles. The molecule has 1 aliphatic heterocycles. The number of nitrogens with zero attached hydrogens (tertiary/aromatic N) is 3. The van der Waals surface area contributed by atoms with E-state index >= 15 is 0 Å². The van der Waals surface area contributed by atoms with Crippen molar-refractivity contribution in [1.82, 2.24) is 14.1 Å². The summed E-state index contributed by atoms with van der Waals surface area (Å²) in [6.45, 7) is 15.2. The lowest BCUT2D eigenvalue weighted by atomic mass is 9.65. The summed E-state index contributed by atoms with van der Waals surface area (Å²) in [5.41, 5.74) is 1.68. The molecule has 9 heteroatoms. The highest BCUT2D eigenvalue weighted by molar-refractivity contribution is 7.89. The summed E-state index contributed by atoms with van der Waals surface area (Å²) >= 11 is 0. The second-order valence-electron chi connectivity index (χ2n) is 11.9. The van der Waals surface area contributed by atoms with Gasteiger partial charge in [-0.1, -0.05) is 20.8 Å². The number of methoxy groups -OCH3 is 1. The van der Waals surface area contributed by atoms with Crippen molar-refractivity contribution in [2.24, 2.45) is 16.7 Å². The number of sulfonamides is 1. The van der Waals surface area contributed by atoms with Crippen LogP contribution in [0.5, 0.6) is 5.75 Å². The summed E-state index contributed by atoms with van der Waals surface area (Å²) in [5.74, 6) is 1.00. The number of likely N-dealkylation sites (N-methyl/N-ethyl adjacent to an activating group) is 2. The predicted octanol–water partition coefficient (Wildman–Crippen LogP) is 3.56. The normalized spacial score (nSPS) is 23.8. The summed E-state index contributed by atoms with van der Waals surface area (Å²) < 4.78 is 38.5. The van der Waals surface area contributed by atoms with Gasteiger partial charge in [-0.3, -0.25) is 4.79 Å². The Labute approximate surface area is 224 Å². The second-order valence-corrected chi connectivity index (χ2v) is 13.9. The third-order valence-corrected chi connectivity index (χ3v) is 11.3. The van der Waals surface area contributed by atoms with E-state index < -0.39 is 10.0 Å². The van der Waals surface area contributed by atoms with Crippen molar-refractivity contribution in [3.8, 4) is 5.75 Å². The van der Waals surface area contributed by atoms with Crippen molar-refractivity contribution in [3.05, 3.63) is 23.3 Å². The minimum Gasteiger partial charge on any atom is -0.497 e. The van der Waals surface area contributed by atoms with Crippen LogP contribution in [0.1, 0.15) is 51.2 Å². The molecule has 0 spiro atoms. The summed E-state index contributed by atoms with van der Waals surface area (Å²) in [5, 5.41) is 0. The van der Waals surface area contributed by atoms with E-state index in [9.17, 15) is 13.2 Å². The molecule has 2 fully saturated rings. The Hall–Kier alpha value is -1.68. The number of likely N-dealkylation sites (tertiary alicyclic amines) is 1. The maximum absolute atomic E-state index is 13.2. The van der Waals surface area contributed by atoms with Gasteiger partial charge in [0.2, 0.25) is 15.9 Å². The highest BCUT2D eigenvalue weighted by atomic mass is 32.2. The molecule has 1 aliphatic carbocycles. The number of rotatable bonds is 12. The molecule has 1 aromatic rings. The quantitative estimate of drug-likeness (QED) is 0.380. The lowest BCUT2D eigenvalue weighted by Gasteiger charge is -2.47. The van der Waals surface area contributed by atoms with E-state index in [2.05, 4.69) is 25.7 Å². The molecule has 210 valence electrons. The molecule has 1 heterocycles. The highest BCUT2D eigenvalue weighted by Crippen LogP contribution is 2.56. The lowest BCUT2D eigenvalue weighted by Crippen LogP contribution is -2.49. The average molecular weight is 538 g/mol. The van der Waals surface area contributed by atoms with Crippen LogP contribution in [0.2, 0.25) is 0 Å². The van der Waals surface area contributed by atoms with Gasteiger partial charge in [0.25, 0.3) is 0 Å². The first kappa shape index (κ1) is 29.9. The largest absolute Gasteiger partial charge is 0.497 e. The molecule has 0 radical (unpaired) electrons. The highest BCUT2D eigenvalue weighted by Gasteiger charge is 2.52. The number of ether oxygens (including phenoxy) is 2. The predicted molar refractivity (Wildman–Crippen MR) is 146 cm³/mol. The van der Waals surface area contributed by atoms with Crippen molar-refractivity contribution in [3.63, 3.8) is 0 Å². The van der Waals surface area contributed by atoms with Gasteiger partial charge in [-0.2, -0.15) is 4.31 Å². The van der Waals surface area contributed by atoms with E-state index in [1.165, 1.54) is 37.3 Å². The zero-order valence-electron chi connectivity index (χ0n) is 24.1. The molecule has 0 aromatic heterocycles. The van der Waals surface area contributed by atoms with Gasteiger partial charge in [0.15, 0.2) is 0 Å². The van der Waals surface area contributed by atoms with Crippen molar-refractivity contribution < 1.29 is 22.7 Å². The van der Waals surface area contributed by atoms with Crippen LogP contribution in [0, 0.1) is 30.6 Å². The Morgan fingerprint density at radius 3 is 2.30 bits per heavy atom. The molecule has 8 nitrogen and oxygen atoms in total. The van der Waals surface area contributed by atoms with Crippen molar-refractivity contribution in [2.75, 3.05) is 67.1 Å². The Balaban J connectivity index is 1.47. The topological polar surface area (TPSA) is 79.4 Å². The average Bonchev–Trinajstić information content (AvgIpc) is 3.01. The Morgan fingerprint density at radius 2 is 1.76 bits per heavy atom. The molecular formula is C28H47N3O5S. The van der Waals surface area contributed by atoms with Gasteiger partial charge >= 0.3 is 0 Å². The molecular weight excluding hydrogens is 490 g/mol. The Bertz CT molecular complexity index is 1050. The van der Waals surface area contributed by atoms with Crippen LogP contribution in [0.15, 0.2) is 17.0 Å². The zero-order chi connectivity index (χ0) is 27.6. The SMILES string of the molecule is COc1cc(C)c(S(=O)(=O)N(C)CCOCC(=O)N(C)C[C@H]2CC[C@@](C)(CN3CCC3)C2(C)C)c(C)c1.